The summed E-state index contributed by atoms with van der Waals surface area (Å²) in [5.41, 5.74) is -0.414. The largest absolute Gasteiger partial charge is 0.480 e. The first-order valence-corrected chi connectivity index (χ1v) is 5.45. The molecule has 0 atom stereocenters. The van der Waals surface area contributed by atoms with Crippen LogP contribution in [0.3, 0.4) is 0 Å². The summed E-state index contributed by atoms with van der Waals surface area (Å²) in [4.78, 5) is 10.5. The van der Waals surface area contributed by atoms with Gasteiger partial charge in [-0.25, -0.2) is 4.68 Å². The van der Waals surface area contributed by atoms with Gasteiger partial charge in [-0.2, -0.15) is 0 Å². The van der Waals surface area contributed by atoms with Gasteiger partial charge in [-0.15, -0.1) is 5.10 Å². The van der Waals surface area contributed by atoms with Crippen LogP contribution in [0.25, 0.3) is 0 Å². The molecule has 0 amide bonds. The van der Waals surface area contributed by atoms with E-state index < -0.39 is 11.6 Å². The van der Waals surface area contributed by atoms with Crippen molar-refractivity contribution in [1.82, 2.24) is 15.0 Å². The van der Waals surface area contributed by atoms with Gasteiger partial charge in [0.1, 0.15) is 17.8 Å². The molecule has 6 nitrogen and oxygen atoms in total. The third-order valence-electron chi connectivity index (χ3n) is 2.99. The van der Waals surface area contributed by atoms with E-state index in [1.165, 1.54) is 10.9 Å². The zero-order valence-electron chi connectivity index (χ0n) is 8.96. The fraction of sp³-hybridized carbons (Fsp3) is 0.700. The van der Waals surface area contributed by atoms with Gasteiger partial charge in [0, 0.05) is 0 Å². The van der Waals surface area contributed by atoms with Crippen LogP contribution < -0.4 is 0 Å². The van der Waals surface area contributed by atoms with Crippen molar-refractivity contribution in [2.45, 2.75) is 44.2 Å². The number of carboxylic acids is 1. The Balaban J connectivity index is 2.13. The van der Waals surface area contributed by atoms with Crippen LogP contribution in [-0.4, -0.2) is 31.2 Å². The SMILES string of the molecule is O=C(O)Cn1cc(C2(O)CCCCC2)nn1. The lowest BCUT2D eigenvalue weighted by Crippen LogP contribution is -2.28. The van der Waals surface area contributed by atoms with E-state index in [0.29, 0.717) is 18.5 Å². The lowest BCUT2D eigenvalue weighted by molar-refractivity contribution is -0.137. The van der Waals surface area contributed by atoms with Gasteiger partial charge in [-0.3, -0.25) is 4.79 Å². The summed E-state index contributed by atoms with van der Waals surface area (Å²) in [5, 5.41) is 26.5. The Hall–Kier alpha value is -1.43. The van der Waals surface area contributed by atoms with Crippen molar-refractivity contribution in [2.75, 3.05) is 0 Å². The van der Waals surface area contributed by atoms with E-state index in [2.05, 4.69) is 10.3 Å². The van der Waals surface area contributed by atoms with Gasteiger partial charge in [-0.05, 0) is 12.8 Å². The number of hydrogen-bond acceptors (Lipinski definition) is 4. The predicted octanol–water partition coefficient (Wildman–Crippen LogP) is 0.514. The molecule has 16 heavy (non-hydrogen) atoms. The Morgan fingerprint density at radius 1 is 1.44 bits per heavy atom. The van der Waals surface area contributed by atoms with E-state index in [1.807, 2.05) is 0 Å². The molecule has 1 heterocycles. The number of rotatable bonds is 3. The van der Waals surface area contributed by atoms with E-state index in [1.54, 1.807) is 0 Å². The predicted molar refractivity (Wildman–Crippen MR) is 54.6 cm³/mol. The lowest BCUT2D eigenvalue weighted by atomic mass is 9.83. The average Bonchev–Trinajstić information content (AvgIpc) is 2.67. The molecule has 0 aliphatic heterocycles. The van der Waals surface area contributed by atoms with Gasteiger partial charge < -0.3 is 10.2 Å². The monoisotopic (exact) mass is 225 g/mol. The van der Waals surface area contributed by atoms with Crippen LogP contribution in [0.15, 0.2) is 6.20 Å². The van der Waals surface area contributed by atoms with E-state index >= 15 is 0 Å². The van der Waals surface area contributed by atoms with Crippen molar-refractivity contribution >= 4 is 5.97 Å². The Bertz CT molecular complexity index is 382. The van der Waals surface area contributed by atoms with Crippen LogP contribution in [0, 0.1) is 0 Å². The third kappa shape index (κ3) is 2.21. The topological polar surface area (TPSA) is 88.2 Å². The summed E-state index contributed by atoms with van der Waals surface area (Å²) in [5.74, 6) is -0.966. The molecular formula is C10H15N3O3. The minimum atomic E-state index is -0.966. The second-order valence-electron chi connectivity index (χ2n) is 4.29. The molecule has 88 valence electrons. The second kappa shape index (κ2) is 4.21. The Labute approximate surface area is 92.9 Å². The van der Waals surface area contributed by atoms with Gasteiger partial charge in [-0.1, -0.05) is 24.5 Å². The smallest absolute Gasteiger partial charge is 0.325 e. The van der Waals surface area contributed by atoms with Crippen LogP contribution in [0.2, 0.25) is 0 Å². The van der Waals surface area contributed by atoms with Crippen molar-refractivity contribution < 1.29 is 15.0 Å². The number of aliphatic carboxylic acids is 1. The maximum Gasteiger partial charge on any atom is 0.325 e. The number of aromatic nitrogens is 3. The van der Waals surface area contributed by atoms with Crippen molar-refractivity contribution in [3.8, 4) is 0 Å². The molecule has 1 aliphatic rings. The molecule has 0 saturated heterocycles. The van der Waals surface area contributed by atoms with Crippen LogP contribution in [0.1, 0.15) is 37.8 Å². The van der Waals surface area contributed by atoms with Gasteiger partial charge in [0.15, 0.2) is 0 Å². The maximum absolute atomic E-state index is 10.5. The first kappa shape index (κ1) is 11.1. The van der Waals surface area contributed by atoms with Crippen LogP contribution in [0.4, 0.5) is 0 Å². The fourth-order valence-corrected chi connectivity index (χ4v) is 2.12. The zero-order valence-corrected chi connectivity index (χ0v) is 8.96. The molecule has 0 bridgehead atoms. The number of nitrogens with zero attached hydrogens (tertiary/aromatic N) is 3. The first-order chi connectivity index (χ1) is 7.60. The molecule has 0 spiro atoms. The van der Waals surface area contributed by atoms with Gasteiger partial charge in [0.25, 0.3) is 0 Å². The Morgan fingerprint density at radius 3 is 2.75 bits per heavy atom. The van der Waals surface area contributed by atoms with Crippen molar-refractivity contribution in [3.63, 3.8) is 0 Å². The van der Waals surface area contributed by atoms with Gasteiger partial charge in [0.05, 0.1) is 6.20 Å². The molecule has 1 aromatic rings. The fourth-order valence-electron chi connectivity index (χ4n) is 2.12. The molecule has 0 unspecified atom stereocenters. The van der Waals surface area contributed by atoms with Crippen LogP contribution >= 0.6 is 0 Å². The molecule has 1 aromatic heterocycles. The van der Waals surface area contributed by atoms with E-state index in [4.69, 9.17) is 5.11 Å². The number of carboxylic acid groups (broad SMARTS) is 1. The summed E-state index contributed by atoms with van der Waals surface area (Å²) in [6, 6.07) is 0. The Kier molecular flexibility index (Phi) is 2.91. The second-order valence-corrected chi connectivity index (χ2v) is 4.29. The highest BCUT2D eigenvalue weighted by Crippen LogP contribution is 2.35. The van der Waals surface area contributed by atoms with Gasteiger partial charge in [0.2, 0.25) is 0 Å². The number of aliphatic hydroxyl groups is 1. The molecule has 1 fully saturated rings. The molecule has 2 N–H and O–H groups in total. The summed E-state index contributed by atoms with van der Waals surface area (Å²) < 4.78 is 1.24. The van der Waals surface area contributed by atoms with E-state index in [0.717, 1.165) is 19.3 Å². The summed E-state index contributed by atoms with van der Waals surface area (Å²) in [6.45, 7) is -0.219. The quantitative estimate of drug-likeness (QED) is 0.782. The van der Waals surface area contributed by atoms with E-state index in [9.17, 15) is 9.90 Å². The zero-order chi connectivity index (χ0) is 11.6. The lowest BCUT2D eigenvalue weighted by Gasteiger charge is -2.29. The molecule has 0 aromatic carbocycles. The van der Waals surface area contributed by atoms with E-state index in [-0.39, 0.29) is 6.54 Å². The van der Waals surface area contributed by atoms with Crippen molar-refractivity contribution in [3.05, 3.63) is 11.9 Å². The standard InChI is InChI=1S/C10H15N3O3/c14-9(15)7-13-6-8(11-12-13)10(16)4-2-1-3-5-10/h6,16H,1-5,7H2,(H,14,15). The summed E-state index contributed by atoms with van der Waals surface area (Å²) in [7, 11) is 0. The Morgan fingerprint density at radius 2 is 2.12 bits per heavy atom. The molecule has 2 rings (SSSR count). The maximum atomic E-state index is 10.5. The summed E-state index contributed by atoms with van der Waals surface area (Å²) in [6.07, 6.45) is 5.97. The normalized spacial score (nSPS) is 19.6. The molecular weight excluding hydrogens is 210 g/mol. The minimum absolute atomic E-state index is 0.219. The molecule has 0 radical (unpaired) electrons. The molecule has 1 saturated carbocycles. The highest BCUT2D eigenvalue weighted by molar-refractivity contribution is 5.66. The average molecular weight is 225 g/mol. The van der Waals surface area contributed by atoms with Crippen molar-refractivity contribution in [1.29, 1.82) is 0 Å². The van der Waals surface area contributed by atoms with Gasteiger partial charge >= 0.3 is 5.97 Å². The van der Waals surface area contributed by atoms with Crippen molar-refractivity contribution in [2.24, 2.45) is 0 Å². The first-order valence-electron chi connectivity index (χ1n) is 5.45. The number of hydrogen-bond donors (Lipinski definition) is 2. The van der Waals surface area contributed by atoms with Crippen LogP contribution in [-0.2, 0) is 16.9 Å². The summed E-state index contributed by atoms with van der Waals surface area (Å²) >= 11 is 0. The third-order valence-corrected chi connectivity index (χ3v) is 2.99. The minimum Gasteiger partial charge on any atom is -0.480 e. The highest BCUT2D eigenvalue weighted by atomic mass is 16.4. The van der Waals surface area contributed by atoms with Crippen LogP contribution in [0.5, 0.6) is 0 Å². The molecule has 1 aliphatic carbocycles. The highest BCUT2D eigenvalue weighted by Gasteiger charge is 2.34. The molecule has 6 heteroatoms. The number of carbonyl (C=O) groups is 1.